The summed E-state index contributed by atoms with van der Waals surface area (Å²) in [5.74, 6) is -1.76. The number of carbonyl (C=O) groups is 1. The molecule has 2 rings (SSSR count). The first-order chi connectivity index (χ1) is 8.16. The molecule has 0 spiro atoms. The molecule has 0 saturated heterocycles. The van der Waals surface area contributed by atoms with Crippen molar-refractivity contribution >= 4 is 5.97 Å². The van der Waals surface area contributed by atoms with Gasteiger partial charge in [0.25, 0.3) is 5.89 Å². The Hall–Kier alpha value is -2.44. The monoisotopic (exact) mass is 238 g/mol. The summed E-state index contributed by atoms with van der Waals surface area (Å²) >= 11 is 0. The third-order valence-corrected chi connectivity index (χ3v) is 1.94. The fourth-order valence-corrected chi connectivity index (χ4v) is 1.16. The molecule has 0 amide bonds. The molecule has 0 aliphatic rings. The maximum Gasteiger partial charge on any atom is 0.338 e. The zero-order chi connectivity index (χ0) is 12.3. The van der Waals surface area contributed by atoms with Crippen LogP contribution in [0.5, 0.6) is 5.75 Å². The summed E-state index contributed by atoms with van der Waals surface area (Å²) in [6.45, 7) is -0.00808. The number of benzene rings is 1. The van der Waals surface area contributed by atoms with Gasteiger partial charge in [-0.15, -0.1) is 0 Å². The molecule has 1 aromatic heterocycles. The van der Waals surface area contributed by atoms with Crippen LogP contribution >= 0.6 is 0 Å². The number of halogens is 1. The van der Waals surface area contributed by atoms with Gasteiger partial charge in [0.2, 0.25) is 0 Å². The van der Waals surface area contributed by atoms with E-state index >= 15 is 0 Å². The molecule has 0 aliphatic carbocycles. The maximum atomic E-state index is 13.3. The minimum atomic E-state index is -1.33. The summed E-state index contributed by atoms with van der Waals surface area (Å²) in [4.78, 5) is 14.3. The minimum absolute atomic E-state index is 0.00808. The molecule has 88 valence electrons. The van der Waals surface area contributed by atoms with Crippen LogP contribution in [0.1, 0.15) is 16.2 Å². The molecular weight excluding hydrogens is 231 g/mol. The van der Waals surface area contributed by atoms with E-state index < -0.39 is 17.3 Å². The van der Waals surface area contributed by atoms with E-state index in [-0.39, 0.29) is 18.2 Å². The topological polar surface area (TPSA) is 85.5 Å². The second-order valence-electron chi connectivity index (χ2n) is 3.07. The highest BCUT2D eigenvalue weighted by Gasteiger charge is 2.11. The van der Waals surface area contributed by atoms with Gasteiger partial charge < -0.3 is 14.4 Å². The predicted molar refractivity (Wildman–Crippen MR) is 52.0 cm³/mol. The minimum Gasteiger partial charge on any atom is -0.484 e. The molecule has 0 atom stereocenters. The fourth-order valence-electron chi connectivity index (χ4n) is 1.16. The van der Waals surface area contributed by atoms with E-state index in [0.717, 1.165) is 12.1 Å². The van der Waals surface area contributed by atoms with E-state index in [0.29, 0.717) is 0 Å². The van der Waals surface area contributed by atoms with Gasteiger partial charge in [0.05, 0.1) is 5.56 Å². The van der Waals surface area contributed by atoms with Crippen molar-refractivity contribution in [1.82, 2.24) is 10.1 Å². The van der Waals surface area contributed by atoms with Crippen LogP contribution < -0.4 is 4.74 Å². The van der Waals surface area contributed by atoms with Crippen LogP contribution in [0.2, 0.25) is 0 Å². The molecule has 1 N–H and O–H groups in total. The summed E-state index contributed by atoms with van der Waals surface area (Å²) in [5, 5.41) is 12.0. The van der Waals surface area contributed by atoms with Crippen molar-refractivity contribution in [1.29, 1.82) is 0 Å². The lowest BCUT2D eigenvalue weighted by atomic mass is 10.2. The van der Waals surface area contributed by atoms with Gasteiger partial charge in [0.15, 0.2) is 12.9 Å². The largest absolute Gasteiger partial charge is 0.484 e. The third kappa shape index (κ3) is 2.57. The number of rotatable bonds is 4. The van der Waals surface area contributed by atoms with E-state index in [2.05, 4.69) is 14.7 Å². The van der Waals surface area contributed by atoms with Gasteiger partial charge in [-0.3, -0.25) is 0 Å². The van der Waals surface area contributed by atoms with Gasteiger partial charge in [0, 0.05) is 6.07 Å². The quantitative estimate of drug-likeness (QED) is 0.868. The second kappa shape index (κ2) is 4.60. The summed E-state index contributed by atoms with van der Waals surface area (Å²) in [5.41, 5.74) is -0.407. The van der Waals surface area contributed by atoms with Crippen LogP contribution in [0.4, 0.5) is 4.39 Å². The first kappa shape index (κ1) is 11.1. The average molecular weight is 238 g/mol. The first-order valence-corrected chi connectivity index (χ1v) is 4.58. The van der Waals surface area contributed by atoms with Gasteiger partial charge in [-0.2, -0.15) is 4.98 Å². The van der Waals surface area contributed by atoms with Crippen molar-refractivity contribution in [3.8, 4) is 5.75 Å². The standard InChI is InChI=1S/C10H7FN2O4/c11-8-3-6(1-2-7(8)10(14)15)16-4-9-12-5-13-17-9/h1-3,5H,4H2,(H,14,15). The van der Waals surface area contributed by atoms with Crippen LogP contribution in [0.3, 0.4) is 0 Å². The number of ether oxygens (including phenoxy) is 1. The SMILES string of the molecule is O=C(O)c1ccc(OCc2ncno2)cc1F. The smallest absolute Gasteiger partial charge is 0.338 e. The number of carboxylic acid groups (broad SMARTS) is 1. The Labute approximate surface area is 94.6 Å². The fraction of sp³-hybridized carbons (Fsp3) is 0.100. The molecular formula is C10H7FN2O4. The normalized spacial score (nSPS) is 10.2. The lowest BCUT2D eigenvalue weighted by Gasteiger charge is -2.04. The lowest BCUT2D eigenvalue weighted by Crippen LogP contribution is -2.01. The Morgan fingerprint density at radius 3 is 2.94 bits per heavy atom. The third-order valence-electron chi connectivity index (χ3n) is 1.94. The molecule has 0 saturated carbocycles. The molecule has 0 fully saturated rings. The highest BCUT2D eigenvalue weighted by atomic mass is 19.1. The molecule has 17 heavy (non-hydrogen) atoms. The number of nitrogens with zero attached hydrogens (tertiary/aromatic N) is 2. The van der Waals surface area contributed by atoms with Crippen LogP contribution in [0.15, 0.2) is 29.0 Å². The predicted octanol–water partition coefficient (Wildman–Crippen LogP) is 1.49. The molecule has 0 aliphatic heterocycles. The molecule has 7 heteroatoms. The Bertz CT molecular complexity index is 527. The van der Waals surface area contributed by atoms with E-state index in [1.54, 1.807) is 0 Å². The van der Waals surface area contributed by atoms with E-state index in [4.69, 9.17) is 9.84 Å². The van der Waals surface area contributed by atoms with Gasteiger partial charge in [0.1, 0.15) is 11.6 Å². The number of aromatic nitrogens is 2. The van der Waals surface area contributed by atoms with E-state index in [1.165, 1.54) is 12.4 Å². The van der Waals surface area contributed by atoms with Crippen LogP contribution in [-0.4, -0.2) is 21.2 Å². The van der Waals surface area contributed by atoms with Crippen LogP contribution in [-0.2, 0) is 6.61 Å². The van der Waals surface area contributed by atoms with Crippen molar-refractivity contribution in [2.24, 2.45) is 0 Å². The van der Waals surface area contributed by atoms with Gasteiger partial charge in [-0.05, 0) is 12.1 Å². The highest BCUT2D eigenvalue weighted by Crippen LogP contribution is 2.17. The van der Waals surface area contributed by atoms with E-state index in [1.807, 2.05) is 0 Å². The first-order valence-electron chi connectivity index (χ1n) is 4.58. The molecule has 1 heterocycles. The Kier molecular flexibility index (Phi) is 2.99. The Morgan fingerprint density at radius 1 is 1.53 bits per heavy atom. The van der Waals surface area contributed by atoms with Crippen molar-refractivity contribution in [3.63, 3.8) is 0 Å². The molecule has 0 bridgehead atoms. The van der Waals surface area contributed by atoms with Crippen molar-refractivity contribution in [2.75, 3.05) is 0 Å². The molecule has 2 aromatic rings. The van der Waals surface area contributed by atoms with Crippen molar-refractivity contribution in [2.45, 2.75) is 6.61 Å². The summed E-state index contributed by atoms with van der Waals surface area (Å²) in [7, 11) is 0. The van der Waals surface area contributed by atoms with Gasteiger partial charge in [-0.1, -0.05) is 5.16 Å². The Balaban J connectivity index is 2.07. The zero-order valence-electron chi connectivity index (χ0n) is 8.46. The molecule has 6 nitrogen and oxygen atoms in total. The lowest BCUT2D eigenvalue weighted by molar-refractivity contribution is 0.0691. The van der Waals surface area contributed by atoms with Crippen molar-refractivity contribution in [3.05, 3.63) is 41.8 Å². The number of aromatic carboxylic acids is 1. The molecule has 0 unspecified atom stereocenters. The van der Waals surface area contributed by atoms with Crippen LogP contribution in [0.25, 0.3) is 0 Å². The number of hydrogen-bond acceptors (Lipinski definition) is 5. The molecule has 1 aromatic carbocycles. The number of carboxylic acids is 1. The molecule has 0 radical (unpaired) electrons. The van der Waals surface area contributed by atoms with E-state index in [9.17, 15) is 9.18 Å². The second-order valence-corrected chi connectivity index (χ2v) is 3.07. The zero-order valence-corrected chi connectivity index (χ0v) is 8.46. The number of hydrogen-bond donors (Lipinski definition) is 1. The average Bonchev–Trinajstić information content (AvgIpc) is 2.78. The van der Waals surface area contributed by atoms with Gasteiger partial charge in [-0.25, -0.2) is 9.18 Å². The van der Waals surface area contributed by atoms with Crippen LogP contribution in [0, 0.1) is 5.82 Å². The summed E-state index contributed by atoms with van der Waals surface area (Å²) in [6.07, 6.45) is 1.22. The summed E-state index contributed by atoms with van der Waals surface area (Å²) < 4.78 is 23.1. The maximum absolute atomic E-state index is 13.3. The van der Waals surface area contributed by atoms with Gasteiger partial charge >= 0.3 is 5.97 Å². The Morgan fingerprint density at radius 2 is 2.35 bits per heavy atom. The van der Waals surface area contributed by atoms with Crippen molar-refractivity contribution < 1.29 is 23.6 Å². The summed E-state index contributed by atoms with van der Waals surface area (Å²) in [6, 6.07) is 3.46. The highest BCUT2D eigenvalue weighted by molar-refractivity contribution is 5.88.